The Morgan fingerprint density at radius 1 is 0.833 bits per heavy atom. The van der Waals surface area contributed by atoms with Gasteiger partial charge in [-0.2, -0.15) is 0 Å². The quantitative estimate of drug-likeness (QED) is 0.371. The van der Waals surface area contributed by atoms with Crippen LogP contribution in [0.1, 0.15) is 58.3 Å². The molecule has 6 heteroatoms. The summed E-state index contributed by atoms with van der Waals surface area (Å²) in [5, 5.41) is 32.5. The first-order valence-electron chi connectivity index (χ1n) is 6.19. The summed E-state index contributed by atoms with van der Waals surface area (Å²) in [6.45, 7) is 1.70. The molecule has 0 fully saturated rings. The molecule has 0 spiro atoms. The number of unbranched alkanes of at least 4 members (excludes halogenated alkanes) is 4. The largest absolute Gasteiger partial charge is 0.481 e. The lowest BCUT2D eigenvalue weighted by atomic mass is 10.1. The smallest absolute Gasteiger partial charge is 0.303 e. The van der Waals surface area contributed by atoms with Gasteiger partial charge in [0.25, 0.3) is 0 Å². The Bertz CT molecular complexity index is 197. The Balaban J connectivity index is 0. The molecule has 0 bridgehead atoms. The third kappa shape index (κ3) is 24.2. The van der Waals surface area contributed by atoms with Crippen LogP contribution >= 0.6 is 0 Å². The Morgan fingerprint density at radius 2 is 1.11 bits per heavy atom. The van der Waals surface area contributed by atoms with Crippen LogP contribution in [0.2, 0.25) is 0 Å². The lowest BCUT2D eigenvalue weighted by Gasteiger charge is -1.97. The molecule has 18 heavy (non-hydrogen) atoms. The fourth-order valence-electron chi connectivity index (χ4n) is 1.08. The Labute approximate surface area is 107 Å². The Kier molecular flexibility index (Phi) is 14.9. The van der Waals surface area contributed by atoms with Gasteiger partial charge in [0.2, 0.25) is 0 Å². The minimum atomic E-state index is -1.12. The molecule has 0 aliphatic carbocycles. The van der Waals surface area contributed by atoms with E-state index in [-0.39, 0.29) is 12.8 Å². The van der Waals surface area contributed by atoms with Crippen molar-refractivity contribution >= 4 is 11.9 Å². The number of hydrogen-bond donors (Lipinski definition) is 4. The van der Waals surface area contributed by atoms with Crippen molar-refractivity contribution in [2.24, 2.45) is 0 Å². The molecule has 0 aliphatic rings. The van der Waals surface area contributed by atoms with E-state index in [1.54, 1.807) is 6.92 Å². The van der Waals surface area contributed by atoms with Crippen molar-refractivity contribution in [3.63, 3.8) is 0 Å². The molecular weight excluding hydrogens is 240 g/mol. The first-order valence-corrected chi connectivity index (χ1v) is 6.19. The maximum atomic E-state index is 10.1. The van der Waals surface area contributed by atoms with Crippen LogP contribution in [-0.4, -0.2) is 38.7 Å². The molecule has 0 aromatic rings. The van der Waals surface area contributed by atoms with Gasteiger partial charge in [0.1, 0.15) is 0 Å². The van der Waals surface area contributed by atoms with Gasteiger partial charge in [0.15, 0.2) is 6.29 Å². The zero-order valence-electron chi connectivity index (χ0n) is 10.8. The average molecular weight is 264 g/mol. The first kappa shape index (κ1) is 19.2. The van der Waals surface area contributed by atoms with Crippen molar-refractivity contribution in [2.45, 2.75) is 64.6 Å². The molecule has 0 rings (SSSR count). The molecule has 4 N–H and O–H groups in total. The lowest BCUT2D eigenvalue weighted by Crippen LogP contribution is -1.99. The molecule has 6 nitrogen and oxygen atoms in total. The van der Waals surface area contributed by atoms with Crippen molar-refractivity contribution < 1.29 is 30.0 Å². The van der Waals surface area contributed by atoms with Gasteiger partial charge in [-0.15, -0.1) is 0 Å². The zero-order chi connectivity index (χ0) is 14.4. The van der Waals surface area contributed by atoms with Gasteiger partial charge in [-0.05, 0) is 19.3 Å². The molecule has 0 amide bonds. The predicted octanol–water partition coefficient (Wildman–Crippen LogP) is 1.59. The summed E-state index contributed by atoms with van der Waals surface area (Å²) in [5.74, 6) is -1.52. The minimum absolute atomic E-state index is 0.221. The fourth-order valence-corrected chi connectivity index (χ4v) is 1.08. The summed E-state index contributed by atoms with van der Waals surface area (Å²) in [4.78, 5) is 20.2. The lowest BCUT2D eigenvalue weighted by molar-refractivity contribution is -0.138. The van der Waals surface area contributed by atoms with Crippen LogP contribution in [0.5, 0.6) is 0 Å². The highest BCUT2D eigenvalue weighted by Crippen LogP contribution is 2.06. The third-order valence-electron chi connectivity index (χ3n) is 2.15. The van der Waals surface area contributed by atoms with Gasteiger partial charge in [-0.25, -0.2) is 0 Å². The highest BCUT2D eigenvalue weighted by Gasteiger charge is 1.98. The van der Waals surface area contributed by atoms with Crippen molar-refractivity contribution in [1.29, 1.82) is 0 Å². The third-order valence-corrected chi connectivity index (χ3v) is 2.15. The zero-order valence-corrected chi connectivity index (χ0v) is 10.8. The first-order chi connectivity index (χ1) is 8.40. The molecule has 108 valence electrons. The van der Waals surface area contributed by atoms with E-state index in [1.165, 1.54) is 0 Å². The monoisotopic (exact) mass is 264 g/mol. The van der Waals surface area contributed by atoms with Crippen LogP contribution in [0.25, 0.3) is 0 Å². The van der Waals surface area contributed by atoms with Gasteiger partial charge in [0, 0.05) is 12.8 Å². The van der Waals surface area contributed by atoms with Gasteiger partial charge < -0.3 is 20.4 Å². The van der Waals surface area contributed by atoms with Crippen LogP contribution in [-0.2, 0) is 9.59 Å². The van der Waals surface area contributed by atoms with Crippen molar-refractivity contribution in [3.8, 4) is 0 Å². The van der Waals surface area contributed by atoms with Crippen LogP contribution in [0.3, 0.4) is 0 Å². The number of rotatable bonds is 9. The SMILES string of the molecule is CCC(O)O.O=C(O)CCCCCCCC(=O)O. The number of aliphatic hydroxyl groups is 2. The Morgan fingerprint density at radius 3 is 1.33 bits per heavy atom. The maximum absolute atomic E-state index is 10.1. The van der Waals surface area contributed by atoms with Crippen molar-refractivity contribution in [1.82, 2.24) is 0 Å². The van der Waals surface area contributed by atoms with E-state index in [9.17, 15) is 9.59 Å². The summed E-state index contributed by atoms with van der Waals surface area (Å²) in [7, 11) is 0. The summed E-state index contributed by atoms with van der Waals surface area (Å²) < 4.78 is 0. The molecule has 0 heterocycles. The van der Waals surface area contributed by atoms with E-state index < -0.39 is 18.2 Å². The molecule has 0 radical (unpaired) electrons. The molecule has 0 aromatic heterocycles. The Hall–Kier alpha value is -1.14. The van der Waals surface area contributed by atoms with E-state index in [0.29, 0.717) is 19.3 Å². The van der Waals surface area contributed by atoms with E-state index in [4.69, 9.17) is 20.4 Å². The molecule has 0 saturated heterocycles. The molecule has 0 unspecified atom stereocenters. The van der Waals surface area contributed by atoms with Gasteiger partial charge in [-0.1, -0.05) is 26.2 Å². The molecular formula is C12H24O6. The summed E-state index contributed by atoms with van der Waals surface area (Å²) in [5.41, 5.74) is 0. The minimum Gasteiger partial charge on any atom is -0.481 e. The summed E-state index contributed by atoms with van der Waals surface area (Å²) >= 11 is 0. The van der Waals surface area contributed by atoms with Gasteiger partial charge in [0.05, 0.1) is 0 Å². The van der Waals surface area contributed by atoms with Crippen LogP contribution in [0, 0.1) is 0 Å². The predicted molar refractivity (Wildman–Crippen MR) is 66.1 cm³/mol. The van der Waals surface area contributed by atoms with Crippen LogP contribution in [0.15, 0.2) is 0 Å². The van der Waals surface area contributed by atoms with Crippen molar-refractivity contribution in [2.75, 3.05) is 0 Å². The van der Waals surface area contributed by atoms with Gasteiger partial charge in [-0.3, -0.25) is 9.59 Å². The average Bonchev–Trinajstić information content (AvgIpc) is 2.27. The second-order valence-electron chi connectivity index (χ2n) is 3.94. The fraction of sp³-hybridized carbons (Fsp3) is 0.833. The summed E-state index contributed by atoms with van der Waals surface area (Å²) in [6.07, 6.45) is 3.83. The number of hydrogen-bond acceptors (Lipinski definition) is 4. The number of aliphatic hydroxyl groups excluding tert-OH is 1. The molecule has 0 atom stereocenters. The molecule has 0 aromatic carbocycles. The van der Waals surface area contributed by atoms with E-state index in [2.05, 4.69) is 0 Å². The van der Waals surface area contributed by atoms with Gasteiger partial charge >= 0.3 is 11.9 Å². The maximum Gasteiger partial charge on any atom is 0.303 e. The molecule has 0 saturated carbocycles. The number of carboxylic acids is 2. The highest BCUT2D eigenvalue weighted by atomic mass is 16.5. The second kappa shape index (κ2) is 13.9. The highest BCUT2D eigenvalue weighted by molar-refractivity contribution is 5.66. The second-order valence-corrected chi connectivity index (χ2v) is 3.94. The number of carbonyl (C=O) groups is 2. The topological polar surface area (TPSA) is 115 Å². The van der Waals surface area contributed by atoms with Crippen LogP contribution in [0.4, 0.5) is 0 Å². The molecule has 0 aliphatic heterocycles. The summed E-state index contributed by atoms with van der Waals surface area (Å²) in [6, 6.07) is 0. The number of carboxylic acid groups (broad SMARTS) is 2. The standard InChI is InChI=1S/C9H16O4.C3H8O2/c10-8(11)6-4-2-1-3-5-7-9(12)13;1-2-3(4)5/h1-7H2,(H,10,11)(H,12,13);3-5H,2H2,1H3. The van der Waals surface area contributed by atoms with Crippen molar-refractivity contribution in [3.05, 3.63) is 0 Å². The van der Waals surface area contributed by atoms with E-state index in [0.717, 1.165) is 19.3 Å². The number of aliphatic carboxylic acids is 2. The van der Waals surface area contributed by atoms with Crippen LogP contribution < -0.4 is 0 Å². The van der Waals surface area contributed by atoms with E-state index in [1.807, 2.05) is 0 Å². The van der Waals surface area contributed by atoms with E-state index >= 15 is 0 Å². The normalized spacial score (nSPS) is 9.78.